The first-order valence-corrected chi connectivity index (χ1v) is 7.84. The molecule has 0 saturated carbocycles. The van der Waals surface area contributed by atoms with Gasteiger partial charge in [-0.05, 0) is 19.2 Å². The monoisotopic (exact) mass is 368 g/mol. The van der Waals surface area contributed by atoms with Gasteiger partial charge in [0.05, 0.1) is 5.56 Å². The Labute approximate surface area is 151 Å². The molecule has 1 aromatic rings. The Balaban J connectivity index is 0.000000444. The summed E-state index contributed by atoms with van der Waals surface area (Å²) in [5, 5.41) is 25.9. The molecule has 9 nitrogen and oxygen atoms in total. The highest BCUT2D eigenvalue weighted by Gasteiger charge is 2.47. The van der Waals surface area contributed by atoms with E-state index in [4.69, 9.17) is 21.1 Å². The van der Waals surface area contributed by atoms with Crippen molar-refractivity contribution in [2.24, 2.45) is 5.73 Å². The molecule has 1 aliphatic rings. The number of aliphatic carboxylic acids is 2. The van der Waals surface area contributed by atoms with Crippen molar-refractivity contribution in [3.63, 3.8) is 0 Å². The summed E-state index contributed by atoms with van der Waals surface area (Å²) in [4.78, 5) is 43.3. The first-order chi connectivity index (χ1) is 12.1. The van der Waals surface area contributed by atoms with E-state index in [1.165, 1.54) is 23.1 Å². The molecule has 5 N–H and O–H groups in total. The normalized spacial score (nSPS) is 21.5. The second kappa shape index (κ2) is 10.3. The number of carboxylic acids is 3. The summed E-state index contributed by atoms with van der Waals surface area (Å²) in [6.07, 6.45) is 0.570. The van der Waals surface area contributed by atoms with Gasteiger partial charge in [0.15, 0.2) is 0 Å². The molecule has 0 aliphatic carbocycles. The molecule has 2 rings (SSSR count). The summed E-state index contributed by atoms with van der Waals surface area (Å²) in [6.45, 7) is 4.07. The number of hydrogen-bond donors (Lipinski definition) is 4. The van der Waals surface area contributed by atoms with Gasteiger partial charge in [0.2, 0.25) is 0 Å². The number of rotatable bonds is 4. The van der Waals surface area contributed by atoms with Gasteiger partial charge in [0.1, 0.15) is 17.9 Å². The van der Waals surface area contributed by atoms with Gasteiger partial charge >= 0.3 is 17.9 Å². The molecule has 1 aromatic carbocycles. The molecule has 0 bridgehead atoms. The van der Waals surface area contributed by atoms with Gasteiger partial charge in [0.25, 0.3) is 0 Å². The predicted molar refractivity (Wildman–Crippen MR) is 93.4 cm³/mol. The number of carbonyl (C=O) groups excluding carboxylic acids is 1. The van der Waals surface area contributed by atoms with Crippen LogP contribution in [0.1, 0.15) is 41.0 Å². The van der Waals surface area contributed by atoms with Crippen LogP contribution in [-0.2, 0) is 9.59 Å². The predicted octanol–water partition coefficient (Wildman–Crippen LogP) is 0.781. The van der Waals surface area contributed by atoms with Crippen LogP contribution in [-0.4, -0.2) is 69.6 Å². The van der Waals surface area contributed by atoms with Crippen LogP contribution in [0.15, 0.2) is 24.3 Å². The Kier molecular flexibility index (Phi) is 9.17. The Morgan fingerprint density at radius 3 is 2.15 bits per heavy atom. The molecule has 144 valence electrons. The maximum atomic E-state index is 10.7. The minimum atomic E-state index is -1.42. The number of nitrogens with two attached hydrogens (primary N) is 1. The number of likely N-dealkylation sites (tertiary alicyclic amines) is 1. The van der Waals surface area contributed by atoms with Crippen LogP contribution in [0.25, 0.3) is 0 Å². The van der Waals surface area contributed by atoms with Gasteiger partial charge in [-0.25, -0.2) is 4.79 Å². The number of benzene rings is 1. The Morgan fingerprint density at radius 1 is 1.23 bits per heavy atom. The molecule has 0 aromatic heterocycles. The third-order valence-electron chi connectivity index (χ3n) is 3.60. The fourth-order valence-corrected chi connectivity index (χ4v) is 2.30. The lowest BCUT2D eigenvalue weighted by Gasteiger charge is -2.16. The average molecular weight is 368 g/mol. The highest BCUT2D eigenvalue weighted by Crippen LogP contribution is 2.23. The smallest absolute Gasteiger partial charge is 0.335 e. The molecule has 26 heavy (non-hydrogen) atoms. The highest BCUT2D eigenvalue weighted by molar-refractivity contribution is 5.90. The van der Waals surface area contributed by atoms with E-state index in [1.807, 2.05) is 13.8 Å². The Bertz CT molecular complexity index is 662. The van der Waals surface area contributed by atoms with E-state index >= 15 is 0 Å². The maximum Gasteiger partial charge on any atom is 0.335 e. The van der Waals surface area contributed by atoms with Crippen molar-refractivity contribution in [3.8, 4) is 0 Å². The third-order valence-corrected chi connectivity index (χ3v) is 3.60. The summed E-state index contributed by atoms with van der Waals surface area (Å²) in [5.41, 5.74) is 4.61. The van der Waals surface area contributed by atoms with Crippen molar-refractivity contribution in [2.75, 3.05) is 13.6 Å². The molecule has 0 radical (unpaired) electrons. The van der Waals surface area contributed by atoms with Gasteiger partial charge in [-0.1, -0.05) is 26.0 Å². The number of likely N-dealkylation sites (N-methyl/N-ethyl adjacent to an activating group) is 1. The molecular weight excluding hydrogens is 344 g/mol. The molecule has 1 aliphatic heterocycles. The quantitative estimate of drug-likeness (QED) is 0.563. The van der Waals surface area contributed by atoms with E-state index in [9.17, 15) is 19.2 Å². The Morgan fingerprint density at radius 2 is 1.81 bits per heavy atom. The molecule has 9 heteroatoms. The number of aldehydes is 1. The van der Waals surface area contributed by atoms with Crippen molar-refractivity contribution in [1.82, 2.24) is 4.90 Å². The number of nitrogens with zero attached hydrogens (tertiary/aromatic N) is 1. The summed E-state index contributed by atoms with van der Waals surface area (Å²) in [7, 11) is 1.55. The first-order valence-electron chi connectivity index (χ1n) is 7.84. The average Bonchev–Trinajstić information content (AvgIpc) is 2.93. The van der Waals surface area contributed by atoms with Crippen LogP contribution in [0.4, 0.5) is 0 Å². The van der Waals surface area contributed by atoms with Crippen molar-refractivity contribution in [1.29, 1.82) is 0 Å². The lowest BCUT2D eigenvalue weighted by molar-refractivity contribution is -0.142. The minimum absolute atomic E-state index is 0.0475. The summed E-state index contributed by atoms with van der Waals surface area (Å²) < 4.78 is 0. The van der Waals surface area contributed by atoms with E-state index in [2.05, 4.69) is 0 Å². The number of aromatic carboxylic acids is 1. The van der Waals surface area contributed by atoms with E-state index in [1.54, 1.807) is 13.1 Å². The molecule has 0 spiro atoms. The Hall–Kier alpha value is -2.78. The zero-order valence-corrected chi connectivity index (χ0v) is 14.9. The van der Waals surface area contributed by atoms with Crippen LogP contribution in [0.5, 0.6) is 0 Å². The highest BCUT2D eigenvalue weighted by atomic mass is 16.4. The maximum absolute atomic E-state index is 10.7. The van der Waals surface area contributed by atoms with E-state index in [0.717, 1.165) is 0 Å². The zero-order chi connectivity index (χ0) is 20.5. The standard InChI is InChI=1S/C8H6O3.C7H12N2O4.C2H6/c9-5-6-2-1-3-7(4-6)8(10)11;1-9-3-7(8,6(12)13)2-4(9)5(10)11;1-2/h1-5H,(H,10,11);4H,2-3,8H2,1H3,(H,10,11)(H,12,13);1-2H3/t;4-,7+;/m.1./s1. The lowest BCUT2D eigenvalue weighted by Crippen LogP contribution is -2.49. The topological polar surface area (TPSA) is 158 Å². The van der Waals surface area contributed by atoms with Gasteiger partial charge in [0, 0.05) is 18.5 Å². The summed E-state index contributed by atoms with van der Waals surface area (Å²) in [5.74, 6) is -3.20. The number of hydrogen-bond acceptors (Lipinski definition) is 6. The third kappa shape index (κ3) is 6.26. The second-order valence-corrected chi connectivity index (χ2v) is 5.48. The minimum Gasteiger partial charge on any atom is -0.480 e. The van der Waals surface area contributed by atoms with Crippen LogP contribution >= 0.6 is 0 Å². The molecule has 2 atom stereocenters. The lowest BCUT2D eigenvalue weighted by atomic mass is 9.98. The molecule has 0 amide bonds. The fourth-order valence-electron chi connectivity index (χ4n) is 2.30. The number of carbonyl (C=O) groups is 4. The van der Waals surface area contributed by atoms with Crippen LogP contribution in [0.3, 0.4) is 0 Å². The van der Waals surface area contributed by atoms with Crippen LogP contribution in [0.2, 0.25) is 0 Å². The molecular formula is C17H24N2O7. The van der Waals surface area contributed by atoms with Gasteiger partial charge in [-0.3, -0.25) is 19.3 Å². The van der Waals surface area contributed by atoms with Crippen molar-refractivity contribution >= 4 is 24.2 Å². The largest absolute Gasteiger partial charge is 0.480 e. The van der Waals surface area contributed by atoms with E-state index in [0.29, 0.717) is 11.8 Å². The van der Waals surface area contributed by atoms with Crippen molar-refractivity contribution in [2.45, 2.75) is 31.8 Å². The van der Waals surface area contributed by atoms with Gasteiger partial charge < -0.3 is 21.1 Å². The first kappa shape index (κ1) is 23.2. The molecule has 1 fully saturated rings. The van der Waals surface area contributed by atoms with Gasteiger partial charge in [-0.15, -0.1) is 0 Å². The van der Waals surface area contributed by atoms with Crippen molar-refractivity contribution in [3.05, 3.63) is 35.4 Å². The SMILES string of the molecule is CC.CN1C[C@](N)(C(=O)O)C[C@@H]1C(=O)O.O=Cc1cccc(C(=O)O)c1. The van der Waals surface area contributed by atoms with Gasteiger partial charge in [-0.2, -0.15) is 0 Å². The van der Waals surface area contributed by atoms with Crippen LogP contribution in [0, 0.1) is 0 Å². The fraction of sp³-hybridized carbons (Fsp3) is 0.412. The molecule has 0 unspecified atom stereocenters. The summed E-state index contributed by atoms with van der Waals surface area (Å²) in [6, 6.07) is 5.07. The molecule has 1 saturated heterocycles. The zero-order valence-electron chi connectivity index (χ0n) is 14.9. The second-order valence-electron chi connectivity index (χ2n) is 5.48. The van der Waals surface area contributed by atoms with Crippen molar-refractivity contribution < 1.29 is 34.5 Å². The number of carboxylic acid groups (broad SMARTS) is 3. The van der Waals surface area contributed by atoms with E-state index in [-0.39, 0.29) is 18.5 Å². The molecule has 1 heterocycles. The summed E-state index contributed by atoms with van der Waals surface area (Å²) >= 11 is 0. The van der Waals surface area contributed by atoms with E-state index < -0.39 is 29.5 Å². The van der Waals surface area contributed by atoms with Crippen LogP contribution < -0.4 is 5.73 Å².